The number of ether oxygens (including phenoxy) is 2. The van der Waals surface area contributed by atoms with Crippen LogP contribution in [0.5, 0.6) is 17.4 Å². The van der Waals surface area contributed by atoms with Crippen molar-refractivity contribution < 1.29 is 14.6 Å². The van der Waals surface area contributed by atoms with Gasteiger partial charge in [0.1, 0.15) is 0 Å². The van der Waals surface area contributed by atoms with E-state index in [1.807, 2.05) is 0 Å². The molecule has 3 N–H and O–H groups in total. The van der Waals surface area contributed by atoms with E-state index in [0.29, 0.717) is 17.4 Å². The normalized spacial score (nSPS) is 10.1. The Morgan fingerprint density at radius 2 is 2.11 bits per heavy atom. The van der Waals surface area contributed by atoms with Crippen molar-refractivity contribution in [2.24, 2.45) is 0 Å². The number of methoxy groups -OCH3 is 1. The van der Waals surface area contributed by atoms with Crippen molar-refractivity contribution in [2.45, 2.75) is 6.61 Å². The molecule has 0 aliphatic carbocycles. The molecule has 0 aliphatic rings. The first-order valence-corrected chi connectivity index (χ1v) is 5.27. The summed E-state index contributed by atoms with van der Waals surface area (Å²) in [5.41, 5.74) is 6.20. The lowest BCUT2D eigenvalue weighted by atomic mass is 10.2. The summed E-state index contributed by atoms with van der Waals surface area (Å²) in [7, 11) is 1.53. The highest BCUT2D eigenvalue weighted by Crippen LogP contribution is 2.31. The molecule has 0 bridgehead atoms. The van der Waals surface area contributed by atoms with Gasteiger partial charge in [0.15, 0.2) is 11.5 Å². The Morgan fingerprint density at radius 3 is 2.78 bits per heavy atom. The lowest BCUT2D eigenvalue weighted by Crippen LogP contribution is -1.97. The zero-order valence-electron chi connectivity index (χ0n) is 9.83. The van der Waals surface area contributed by atoms with Crippen LogP contribution < -0.4 is 15.2 Å². The second kappa shape index (κ2) is 5.33. The zero-order valence-corrected chi connectivity index (χ0v) is 9.83. The molecule has 0 atom stereocenters. The number of nitrogen functional groups attached to an aromatic ring is 1. The Bertz CT molecular complexity index is 546. The van der Waals surface area contributed by atoms with Crippen molar-refractivity contribution in [3.05, 3.63) is 36.0 Å². The highest BCUT2D eigenvalue weighted by atomic mass is 16.5. The number of aromatic nitrogens is 2. The molecular formula is C12H13N3O3. The van der Waals surface area contributed by atoms with Crippen LogP contribution in [-0.2, 0) is 6.61 Å². The van der Waals surface area contributed by atoms with Crippen molar-refractivity contribution in [2.75, 3.05) is 12.8 Å². The van der Waals surface area contributed by atoms with Crippen LogP contribution in [0.2, 0.25) is 0 Å². The van der Waals surface area contributed by atoms with Crippen LogP contribution in [0.15, 0.2) is 30.5 Å². The molecule has 94 valence electrons. The average molecular weight is 247 g/mol. The molecule has 0 aliphatic heterocycles. The van der Waals surface area contributed by atoms with E-state index in [9.17, 15) is 0 Å². The highest BCUT2D eigenvalue weighted by Gasteiger charge is 2.07. The Morgan fingerprint density at radius 1 is 1.28 bits per heavy atom. The monoisotopic (exact) mass is 247 g/mol. The van der Waals surface area contributed by atoms with Crippen LogP contribution in [-0.4, -0.2) is 22.2 Å². The maximum atomic E-state index is 9.04. The van der Waals surface area contributed by atoms with Crippen molar-refractivity contribution in [3.8, 4) is 17.4 Å². The lowest BCUT2D eigenvalue weighted by molar-refractivity contribution is 0.280. The topological polar surface area (TPSA) is 90.5 Å². The average Bonchev–Trinajstić information content (AvgIpc) is 2.39. The molecule has 2 rings (SSSR count). The van der Waals surface area contributed by atoms with Crippen LogP contribution in [0.25, 0.3) is 0 Å². The summed E-state index contributed by atoms with van der Waals surface area (Å²) in [6.45, 7) is -0.0584. The van der Waals surface area contributed by atoms with Gasteiger partial charge in [-0.3, -0.25) is 0 Å². The van der Waals surface area contributed by atoms with Gasteiger partial charge >= 0.3 is 0 Å². The van der Waals surface area contributed by atoms with E-state index in [1.54, 1.807) is 24.3 Å². The molecule has 0 saturated carbocycles. The molecule has 2 aromatic rings. The minimum absolute atomic E-state index is 0.0584. The molecule has 1 aromatic heterocycles. The molecule has 18 heavy (non-hydrogen) atoms. The molecule has 0 spiro atoms. The maximum absolute atomic E-state index is 9.04. The smallest absolute Gasteiger partial charge is 0.224 e. The van der Waals surface area contributed by atoms with Crippen molar-refractivity contribution in [3.63, 3.8) is 0 Å². The molecule has 6 heteroatoms. The second-order valence-corrected chi connectivity index (χ2v) is 3.50. The van der Waals surface area contributed by atoms with Gasteiger partial charge in [-0.05, 0) is 17.7 Å². The number of benzene rings is 1. The third kappa shape index (κ3) is 2.67. The lowest BCUT2D eigenvalue weighted by Gasteiger charge is -2.10. The minimum Gasteiger partial charge on any atom is -0.493 e. The molecule has 0 unspecified atom stereocenters. The van der Waals surface area contributed by atoms with E-state index in [2.05, 4.69) is 9.97 Å². The van der Waals surface area contributed by atoms with Gasteiger partial charge in [-0.25, -0.2) is 4.98 Å². The Hall–Kier alpha value is -2.34. The third-order valence-corrected chi connectivity index (χ3v) is 2.27. The van der Waals surface area contributed by atoms with Gasteiger partial charge in [0.25, 0.3) is 0 Å². The summed E-state index contributed by atoms with van der Waals surface area (Å²) in [5.74, 6) is 1.47. The number of nitrogens with two attached hydrogens (primary N) is 1. The number of rotatable bonds is 4. The first-order chi connectivity index (χ1) is 8.72. The van der Waals surface area contributed by atoms with Gasteiger partial charge in [0.2, 0.25) is 11.8 Å². The predicted molar refractivity (Wildman–Crippen MR) is 65.4 cm³/mol. The Balaban J connectivity index is 2.28. The fourth-order valence-corrected chi connectivity index (χ4v) is 1.42. The first kappa shape index (κ1) is 12.1. The summed E-state index contributed by atoms with van der Waals surface area (Å²) < 4.78 is 10.7. The molecule has 0 fully saturated rings. The standard InChI is InChI=1S/C12H13N3O3/c1-17-10-6-8(7-16)2-3-9(10)18-11-4-5-14-12(13)15-11/h2-6,16H,7H2,1H3,(H2,13,14,15). The number of nitrogens with zero attached hydrogens (tertiary/aromatic N) is 2. The van der Waals surface area contributed by atoms with Gasteiger partial charge in [0, 0.05) is 12.3 Å². The second-order valence-electron chi connectivity index (χ2n) is 3.50. The van der Waals surface area contributed by atoms with Crippen LogP contribution in [0.3, 0.4) is 0 Å². The minimum atomic E-state index is -0.0584. The predicted octanol–water partition coefficient (Wildman–Crippen LogP) is 1.35. The van der Waals surface area contributed by atoms with E-state index in [0.717, 1.165) is 5.56 Å². The van der Waals surface area contributed by atoms with Gasteiger partial charge in [-0.15, -0.1) is 0 Å². The summed E-state index contributed by atoms with van der Waals surface area (Å²) in [5, 5.41) is 9.04. The number of aliphatic hydroxyl groups is 1. The van der Waals surface area contributed by atoms with E-state index < -0.39 is 0 Å². The molecule has 1 aromatic carbocycles. The van der Waals surface area contributed by atoms with Gasteiger partial charge in [-0.1, -0.05) is 6.07 Å². The fourth-order valence-electron chi connectivity index (χ4n) is 1.42. The third-order valence-electron chi connectivity index (χ3n) is 2.27. The molecule has 1 heterocycles. The Kier molecular flexibility index (Phi) is 3.59. The highest BCUT2D eigenvalue weighted by molar-refractivity contribution is 5.44. The van der Waals surface area contributed by atoms with Crippen LogP contribution >= 0.6 is 0 Å². The zero-order chi connectivity index (χ0) is 13.0. The quantitative estimate of drug-likeness (QED) is 0.847. The first-order valence-electron chi connectivity index (χ1n) is 5.27. The van der Waals surface area contributed by atoms with Gasteiger partial charge in [0.05, 0.1) is 13.7 Å². The SMILES string of the molecule is COc1cc(CO)ccc1Oc1ccnc(N)n1. The van der Waals surface area contributed by atoms with E-state index in [-0.39, 0.29) is 12.6 Å². The molecule has 0 amide bonds. The number of hydrogen-bond donors (Lipinski definition) is 2. The van der Waals surface area contributed by atoms with Crippen molar-refractivity contribution in [1.29, 1.82) is 0 Å². The number of hydrogen-bond acceptors (Lipinski definition) is 6. The molecule has 0 saturated heterocycles. The molecule has 6 nitrogen and oxygen atoms in total. The van der Waals surface area contributed by atoms with Crippen LogP contribution in [0.1, 0.15) is 5.56 Å². The van der Waals surface area contributed by atoms with Crippen molar-refractivity contribution in [1.82, 2.24) is 9.97 Å². The van der Waals surface area contributed by atoms with Crippen LogP contribution in [0.4, 0.5) is 5.95 Å². The summed E-state index contributed by atoms with van der Waals surface area (Å²) in [6, 6.07) is 6.72. The number of anilines is 1. The summed E-state index contributed by atoms with van der Waals surface area (Å²) in [4.78, 5) is 7.70. The van der Waals surface area contributed by atoms with E-state index >= 15 is 0 Å². The van der Waals surface area contributed by atoms with Crippen LogP contribution in [0, 0.1) is 0 Å². The van der Waals surface area contributed by atoms with Gasteiger partial charge in [-0.2, -0.15) is 4.98 Å². The Labute approximate surface area is 104 Å². The summed E-state index contributed by atoms with van der Waals surface area (Å²) >= 11 is 0. The van der Waals surface area contributed by atoms with Crippen molar-refractivity contribution >= 4 is 5.95 Å². The largest absolute Gasteiger partial charge is 0.493 e. The maximum Gasteiger partial charge on any atom is 0.224 e. The molecular weight excluding hydrogens is 234 g/mol. The van der Waals surface area contributed by atoms with Gasteiger partial charge < -0.3 is 20.3 Å². The fraction of sp³-hybridized carbons (Fsp3) is 0.167. The molecule has 0 radical (unpaired) electrons. The summed E-state index contributed by atoms with van der Waals surface area (Å²) in [6.07, 6.45) is 1.51. The number of aliphatic hydroxyl groups excluding tert-OH is 1. The van der Waals surface area contributed by atoms with E-state index in [4.69, 9.17) is 20.3 Å². The van der Waals surface area contributed by atoms with E-state index in [1.165, 1.54) is 13.3 Å².